The van der Waals surface area contributed by atoms with Crippen LogP contribution in [0.2, 0.25) is 0 Å². The number of carboxylic acids is 1. The van der Waals surface area contributed by atoms with Crippen LogP contribution in [0.5, 0.6) is 0 Å². The number of thioether (sulfide) groups is 1. The van der Waals surface area contributed by atoms with Crippen molar-refractivity contribution in [3.8, 4) is 0 Å². The molecule has 1 aliphatic heterocycles. The van der Waals surface area contributed by atoms with E-state index in [1.165, 1.54) is 0 Å². The molecule has 1 fully saturated rings. The highest BCUT2D eigenvalue weighted by Crippen LogP contribution is 2.43. The monoisotopic (exact) mass is 479 g/mol. The standard InChI is InChI=1S/C27H29NO5S/c1-17-24(16-34-23-12-10-21(11-13-23)26(30)31)32-27(22-8-2-18(14-28)3-9-22)33-25(17)20-6-4-19(15-29)5-7-20/h2-13,17,24-25,27,29H,14-16,28H2,1H3,(H,30,31)/t17-,24+,25+,27?/m0/s1. The number of carboxylic acid groups (broad SMARTS) is 1. The first-order chi connectivity index (χ1) is 16.5. The normalized spacial score (nSPS) is 22.4. The predicted octanol–water partition coefficient (Wildman–Crippen LogP) is 4.92. The number of hydrogen-bond donors (Lipinski definition) is 3. The number of carbonyl (C=O) groups is 1. The van der Waals surface area contributed by atoms with E-state index in [0.717, 1.165) is 27.1 Å². The topological polar surface area (TPSA) is 102 Å². The van der Waals surface area contributed by atoms with E-state index in [0.29, 0.717) is 12.3 Å². The SMILES string of the molecule is C[C@H]1[C@@H](CSc2ccc(C(=O)O)cc2)OC(c2ccc(CN)cc2)O[C@H]1c1ccc(CO)cc1. The van der Waals surface area contributed by atoms with E-state index in [9.17, 15) is 9.90 Å². The van der Waals surface area contributed by atoms with Crippen molar-refractivity contribution >= 4 is 17.7 Å². The lowest BCUT2D eigenvalue weighted by Gasteiger charge is -2.41. The number of rotatable bonds is 8. The summed E-state index contributed by atoms with van der Waals surface area (Å²) >= 11 is 1.63. The van der Waals surface area contributed by atoms with Gasteiger partial charge < -0.3 is 25.4 Å². The largest absolute Gasteiger partial charge is 0.478 e. The van der Waals surface area contributed by atoms with Crippen LogP contribution in [0.3, 0.4) is 0 Å². The Balaban J connectivity index is 1.55. The molecule has 6 nitrogen and oxygen atoms in total. The lowest BCUT2D eigenvalue weighted by Crippen LogP contribution is -2.38. The maximum absolute atomic E-state index is 11.1. The van der Waals surface area contributed by atoms with E-state index in [1.807, 2.05) is 60.7 Å². The zero-order valence-electron chi connectivity index (χ0n) is 19.0. The summed E-state index contributed by atoms with van der Waals surface area (Å²) in [4.78, 5) is 12.1. The van der Waals surface area contributed by atoms with Crippen molar-refractivity contribution < 1.29 is 24.5 Å². The second-order valence-corrected chi connectivity index (χ2v) is 9.50. The Morgan fingerprint density at radius 1 is 0.912 bits per heavy atom. The van der Waals surface area contributed by atoms with Gasteiger partial charge in [0, 0.05) is 28.7 Å². The Bertz CT molecular complexity index is 1090. The van der Waals surface area contributed by atoms with E-state index in [1.54, 1.807) is 23.9 Å². The molecule has 4 N–H and O–H groups in total. The van der Waals surface area contributed by atoms with Crippen LogP contribution < -0.4 is 5.73 Å². The first-order valence-electron chi connectivity index (χ1n) is 11.2. The molecule has 0 aliphatic carbocycles. The maximum atomic E-state index is 11.1. The quantitative estimate of drug-likeness (QED) is 0.394. The van der Waals surface area contributed by atoms with E-state index in [2.05, 4.69) is 6.92 Å². The average molecular weight is 480 g/mol. The number of hydrogen-bond acceptors (Lipinski definition) is 6. The zero-order valence-corrected chi connectivity index (χ0v) is 19.8. The number of aromatic carboxylic acids is 1. The maximum Gasteiger partial charge on any atom is 0.335 e. The molecular formula is C27H29NO5S. The molecule has 0 spiro atoms. The number of aliphatic hydroxyl groups excluding tert-OH is 1. The van der Waals surface area contributed by atoms with E-state index >= 15 is 0 Å². The smallest absolute Gasteiger partial charge is 0.335 e. The summed E-state index contributed by atoms with van der Waals surface area (Å²) in [7, 11) is 0. The van der Waals surface area contributed by atoms with E-state index in [-0.39, 0.29) is 30.3 Å². The predicted molar refractivity (Wildman–Crippen MR) is 131 cm³/mol. The summed E-state index contributed by atoms with van der Waals surface area (Å²) in [6.45, 7) is 2.60. The third-order valence-electron chi connectivity index (χ3n) is 6.13. The number of benzene rings is 3. The fourth-order valence-electron chi connectivity index (χ4n) is 3.99. The van der Waals surface area contributed by atoms with Gasteiger partial charge in [-0.05, 0) is 41.0 Å². The Morgan fingerprint density at radius 3 is 2.12 bits per heavy atom. The van der Waals surface area contributed by atoms with E-state index < -0.39 is 12.3 Å². The second-order valence-electron chi connectivity index (χ2n) is 8.41. The van der Waals surface area contributed by atoms with Gasteiger partial charge in [0.15, 0.2) is 6.29 Å². The lowest BCUT2D eigenvalue weighted by atomic mass is 9.91. The van der Waals surface area contributed by atoms with Gasteiger partial charge >= 0.3 is 5.97 Å². The van der Waals surface area contributed by atoms with Crippen LogP contribution in [0.15, 0.2) is 77.7 Å². The highest BCUT2D eigenvalue weighted by Gasteiger charge is 2.38. The van der Waals surface area contributed by atoms with Crippen molar-refractivity contribution in [2.45, 2.75) is 43.5 Å². The Labute approximate surface area is 203 Å². The first kappa shape index (κ1) is 24.4. The van der Waals surface area contributed by atoms with Crippen LogP contribution in [-0.2, 0) is 22.6 Å². The summed E-state index contributed by atoms with van der Waals surface area (Å²) < 4.78 is 12.9. The van der Waals surface area contributed by atoms with Gasteiger partial charge in [-0.2, -0.15) is 0 Å². The molecule has 3 aromatic rings. The minimum absolute atomic E-state index is 0.000514. The minimum Gasteiger partial charge on any atom is -0.478 e. The zero-order chi connectivity index (χ0) is 24.1. The molecule has 0 aromatic heterocycles. The van der Waals surface area contributed by atoms with Crippen LogP contribution in [-0.4, -0.2) is 28.0 Å². The van der Waals surface area contributed by atoms with Crippen molar-refractivity contribution in [2.24, 2.45) is 11.7 Å². The van der Waals surface area contributed by atoms with Gasteiger partial charge in [0.05, 0.1) is 24.4 Å². The molecule has 1 heterocycles. The molecule has 0 amide bonds. The fraction of sp³-hybridized carbons (Fsp3) is 0.296. The Morgan fingerprint density at radius 2 is 1.53 bits per heavy atom. The molecular weight excluding hydrogens is 450 g/mol. The van der Waals surface area contributed by atoms with Crippen LogP contribution in [0.25, 0.3) is 0 Å². The number of ether oxygens (including phenoxy) is 2. The second kappa shape index (κ2) is 11.2. The average Bonchev–Trinajstić information content (AvgIpc) is 2.88. The van der Waals surface area contributed by atoms with Gasteiger partial charge in [-0.1, -0.05) is 55.5 Å². The first-order valence-corrected chi connectivity index (χ1v) is 12.2. The van der Waals surface area contributed by atoms with Crippen LogP contribution in [0.4, 0.5) is 0 Å². The van der Waals surface area contributed by atoms with Crippen LogP contribution in [0.1, 0.15) is 51.9 Å². The number of nitrogens with two attached hydrogens (primary N) is 1. The summed E-state index contributed by atoms with van der Waals surface area (Å²) in [6, 6.07) is 22.7. The van der Waals surface area contributed by atoms with Crippen molar-refractivity contribution in [3.63, 3.8) is 0 Å². The highest BCUT2D eigenvalue weighted by atomic mass is 32.2. The molecule has 178 valence electrons. The molecule has 3 aromatic carbocycles. The van der Waals surface area contributed by atoms with Crippen molar-refractivity contribution in [3.05, 3.63) is 101 Å². The van der Waals surface area contributed by atoms with Gasteiger partial charge in [-0.15, -0.1) is 11.8 Å². The van der Waals surface area contributed by atoms with Gasteiger partial charge in [0.1, 0.15) is 0 Å². The third kappa shape index (κ3) is 5.68. The van der Waals surface area contributed by atoms with Crippen molar-refractivity contribution in [1.82, 2.24) is 0 Å². The van der Waals surface area contributed by atoms with Gasteiger partial charge in [-0.25, -0.2) is 4.79 Å². The van der Waals surface area contributed by atoms with Gasteiger partial charge in [-0.3, -0.25) is 0 Å². The van der Waals surface area contributed by atoms with Crippen molar-refractivity contribution in [2.75, 3.05) is 5.75 Å². The van der Waals surface area contributed by atoms with Crippen molar-refractivity contribution in [1.29, 1.82) is 0 Å². The van der Waals surface area contributed by atoms with Crippen LogP contribution in [0, 0.1) is 5.92 Å². The number of aliphatic hydroxyl groups is 1. The molecule has 1 saturated heterocycles. The molecule has 0 bridgehead atoms. The lowest BCUT2D eigenvalue weighted by molar-refractivity contribution is -0.268. The summed E-state index contributed by atoms with van der Waals surface area (Å²) in [5.74, 6) is -0.165. The third-order valence-corrected chi connectivity index (χ3v) is 7.23. The van der Waals surface area contributed by atoms with E-state index in [4.69, 9.17) is 20.3 Å². The Kier molecular flexibility index (Phi) is 8.03. The molecule has 0 radical (unpaired) electrons. The highest BCUT2D eigenvalue weighted by molar-refractivity contribution is 7.99. The van der Waals surface area contributed by atoms with Crippen LogP contribution >= 0.6 is 11.8 Å². The molecule has 4 atom stereocenters. The summed E-state index contributed by atoms with van der Waals surface area (Å²) in [5, 5.41) is 18.5. The molecule has 7 heteroatoms. The molecule has 0 saturated carbocycles. The van der Waals surface area contributed by atoms with Gasteiger partial charge in [0.2, 0.25) is 0 Å². The minimum atomic E-state index is -0.934. The molecule has 1 aliphatic rings. The summed E-state index contributed by atoms with van der Waals surface area (Å²) in [5.41, 5.74) is 9.89. The van der Waals surface area contributed by atoms with Gasteiger partial charge in [0.25, 0.3) is 0 Å². The summed E-state index contributed by atoms with van der Waals surface area (Å²) in [6.07, 6.45) is -0.800. The molecule has 4 rings (SSSR count). The molecule has 34 heavy (non-hydrogen) atoms. The fourth-order valence-corrected chi connectivity index (χ4v) is 5.06. The Hall–Kier alpha value is -2.68. The molecule has 1 unspecified atom stereocenters.